The first-order valence-corrected chi connectivity index (χ1v) is 12.8. The van der Waals surface area contributed by atoms with Gasteiger partial charge in [0.2, 0.25) is 0 Å². The molecule has 0 spiro atoms. The summed E-state index contributed by atoms with van der Waals surface area (Å²) >= 11 is 0. The first-order valence-electron chi connectivity index (χ1n) is 12.8. The summed E-state index contributed by atoms with van der Waals surface area (Å²) in [7, 11) is 1.71. The SMILES string of the molecule is COc1cc2c(NC3CCOCC3)c3cc(C)ccc3nc2cc1OCCCN1CCCC1.O=CO. The largest absolute Gasteiger partial charge is 0.493 e. The molecule has 5 rings (SSSR count). The number of ether oxygens (including phenoxy) is 3. The fourth-order valence-corrected chi connectivity index (χ4v) is 5.01. The molecular formula is C28H37N3O5. The number of hydrogen-bond donors (Lipinski definition) is 2. The van der Waals surface area contributed by atoms with Crippen molar-refractivity contribution in [3.63, 3.8) is 0 Å². The molecule has 194 valence electrons. The molecule has 1 aromatic heterocycles. The highest BCUT2D eigenvalue weighted by Gasteiger charge is 2.19. The molecule has 2 aliphatic heterocycles. The van der Waals surface area contributed by atoms with E-state index in [0.29, 0.717) is 12.6 Å². The molecule has 2 fully saturated rings. The molecule has 0 radical (unpaired) electrons. The Labute approximate surface area is 212 Å². The van der Waals surface area contributed by atoms with Gasteiger partial charge in [-0.05, 0) is 70.3 Å². The lowest BCUT2D eigenvalue weighted by molar-refractivity contribution is -0.122. The van der Waals surface area contributed by atoms with Gasteiger partial charge in [-0.15, -0.1) is 0 Å². The number of aromatic nitrogens is 1. The number of anilines is 1. The maximum Gasteiger partial charge on any atom is 0.290 e. The van der Waals surface area contributed by atoms with Gasteiger partial charge in [0, 0.05) is 42.6 Å². The van der Waals surface area contributed by atoms with Crippen LogP contribution in [0.4, 0.5) is 5.69 Å². The van der Waals surface area contributed by atoms with Crippen LogP contribution in [-0.2, 0) is 9.53 Å². The average Bonchev–Trinajstić information content (AvgIpc) is 3.41. The zero-order valence-corrected chi connectivity index (χ0v) is 21.3. The molecule has 0 unspecified atom stereocenters. The monoisotopic (exact) mass is 495 g/mol. The number of nitrogens with one attached hydrogen (secondary N) is 1. The third kappa shape index (κ3) is 6.36. The normalized spacial score (nSPS) is 16.5. The van der Waals surface area contributed by atoms with E-state index in [-0.39, 0.29) is 6.47 Å². The number of carbonyl (C=O) groups is 1. The summed E-state index contributed by atoms with van der Waals surface area (Å²) in [5.74, 6) is 1.52. The van der Waals surface area contributed by atoms with Gasteiger partial charge in [0.25, 0.3) is 6.47 Å². The highest BCUT2D eigenvalue weighted by Crippen LogP contribution is 2.39. The Balaban J connectivity index is 0.000000967. The van der Waals surface area contributed by atoms with Crippen molar-refractivity contribution in [2.24, 2.45) is 0 Å². The Morgan fingerprint density at radius 2 is 1.83 bits per heavy atom. The van der Waals surface area contributed by atoms with E-state index in [4.69, 9.17) is 29.1 Å². The van der Waals surface area contributed by atoms with E-state index >= 15 is 0 Å². The molecule has 2 saturated heterocycles. The van der Waals surface area contributed by atoms with E-state index in [1.807, 2.05) is 6.07 Å². The number of fused-ring (bicyclic) bond motifs is 2. The standard InChI is InChI=1S/C27H35N3O3.CH2O2/c1-19-6-7-23-21(16-19)27(28-20-8-14-32-15-9-20)22-17-25(31-2)26(18-24(22)29-23)33-13-5-12-30-10-3-4-11-30;2-1-3/h6-7,16-18,20H,3-5,8-15H2,1-2H3,(H,28,29);1H,(H,2,3). The lowest BCUT2D eigenvalue weighted by Crippen LogP contribution is -2.28. The van der Waals surface area contributed by atoms with Gasteiger partial charge >= 0.3 is 0 Å². The van der Waals surface area contributed by atoms with E-state index in [1.54, 1.807) is 7.11 Å². The maximum absolute atomic E-state index is 8.36. The fourth-order valence-electron chi connectivity index (χ4n) is 5.01. The van der Waals surface area contributed by atoms with Gasteiger partial charge in [-0.3, -0.25) is 4.79 Å². The highest BCUT2D eigenvalue weighted by atomic mass is 16.5. The first-order chi connectivity index (χ1) is 17.6. The summed E-state index contributed by atoms with van der Waals surface area (Å²) in [6, 6.07) is 11.0. The number of likely N-dealkylation sites (tertiary alicyclic amines) is 1. The fraction of sp³-hybridized carbons (Fsp3) is 0.500. The quantitative estimate of drug-likeness (QED) is 0.260. The van der Waals surface area contributed by atoms with Gasteiger partial charge in [0.05, 0.1) is 30.4 Å². The summed E-state index contributed by atoms with van der Waals surface area (Å²) < 4.78 is 17.5. The third-order valence-corrected chi connectivity index (χ3v) is 6.86. The summed E-state index contributed by atoms with van der Waals surface area (Å²) in [6.45, 7) is 7.70. The van der Waals surface area contributed by atoms with Crippen LogP contribution in [0.1, 0.15) is 37.7 Å². The topological polar surface area (TPSA) is 93.2 Å². The van der Waals surface area contributed by atoms with Crippen LogP contribution in [0.2, 0.25) is 0 Å². The predicted molar refractivity (Wildman–Crippen MR) is 142 cm³/mol. The van der Waals surface area contributed by atoms with Crippen molar-refractivity contribution >= 4 is 34.0 Å². The molecule has 0 bridgehead atoms. The zero-order chi connectivity index (χ0) is 25.3. The molecular weight excluding hydrogens is 458 g/mol. The third-order valence-electron chi connectivity index (χ3n) is 6.86. The van der Waals surface area contributed by atoms with Gasteiger partial charge < -0.3 is 29.5 Å². The Kier molecular flexibility index (Phi) is 9.19. The summed E-state index contributed by atoms with van der Waals surface area (Å²) in [5, 5.41) is 12.9. The van der Waals surface area contributed by atoms with Gasteiger partial charge in [-0.1, -0.05) is 11.6 Å². The number of aryl methyl sites for hydroxylation is 1. The number of pyridine rings is 1. The van der Waals surface area contributed by atoms with Crippen LogP contribution >= 0.6 is 0 Å². The second-order valence-corrected chi connectivity index (χ2v) is 9.41. The molecule has 3 heterocycles. The van der Waals surface area contributed by atoms with E-state index in [0.717, 1.165) is 78.0 Å². The van der Waals surface area contributed by atoms with Crippen LogP contribution < -0.4 is 14.8 Å². The minimum absolute atomic E-state index is 0.250. The number of methoxy groups -OCH3 is 1. The second-order valence-electron chi connectivity index (χ2n) is 9.41. The van der Waals surface area contributed by atoms with Crippen molar-refractivity contribution in [3.05, 3.63) is 35.9 Å². The first kappa shape index (κ1) is 26.0. The molecule has 0 aliphatic carbocycles. The molecule has 3 aromatic rings. The maximum atomic E-state index is 8.36. The van der Waals surface area contributed by atoms with E-state index < -0.39 is 0 Å². The highest BCUT2D eigenvalue weighted by molar-refractivity contribution is 6.08. The molecule has 0 amide bonds. The molecule has 36 heavy (non-hydrogen) atoms. The van der Waals surface area contributed by atoms with Crippen LogP contribution in [0.15, 0.2) is 30.3 Å². The molecule has 2 N–H and O–H groups in total. The molecule has 8 heteroatoms. The second kappa shape index (κ2) is 12.7. The number of carboxylic acid groups (broad SMARTS) is 1. The molecule has 0 saturated carbocycles. The molecule has 0 atom stereocenters. The molecule has 8 nitrogen and oxygen atoms in total. The lowest BCUT2D eigenvalue weighted by Gasteiger charge is -2.26. The smallest absolute Gasteiger partial charge is 0.290 e. The Hall–Kier alpha value is -3.10. The van der Waals surface area contributed by atoms with Gasteiger partial charge in [-0.2, -0.15) is 0 Å². The zero-order valence-electron chi connectivity index (χ0n) is 21.3. The van der Waals surface area contributed by atoms with Gasteiger partial charge in [-0.25, -0.2) is 4.98 Å². The van der Waals surface area contributed by atoms with Crippen LogP contribution in [0.3, 0.4) is 0 Å². The van der Waals surface area contributed by atoms with Crippen molar-refractivity contribution in [1.82, 2.24) is 9.88 Å². The Bertz CT molecular complexity index is 1160. The van der Waals surface area contributed by atoms with Gasteiger partial charge in [0.1, 0.15) is 0 Å². The number of nitrogens with zero attached hydrogens (tertiary/aromatic N) is 2. The predicted octanol–water partition coefficient (Wildman–Crippen LogP) is 4.86. The van der Waals surface area contributed by atoms with Crippen molar-refractivity contribution in [2.45, 2.75) is 45.1 Å². The number of rotatable bonds is 8. The van der Waals surface area contributed by atoms with Crippen LogP contribution in [0.5, 0.6) is 11.5 Å². The van der Waals surface area contributed by atoms with E-state index in [9.17, 15) is 0 Å². The van der Waals surface area contributed by atoms with Crippen LogP contribution in [0, 0.1) is 6.92 Å². The van der Waals surface area contributed by atoms with Gasteiger partial charge in [0.15, 0.2) is 11.5 Å². The minimum Gasteiger partial charge on any atom is -0.493 e. The van der Waals surface area contributed by atoms with E-state index in [1.165, 1.54) is 31.5 Å². The lowest BCUT2D eigenvalue weighted by atomic mass is 10.0. The summed E-state index contributed by atoms with van der Waals surface area (Å²) in [6.07, 6.45) is 5.67. The van der Waals surface area contributed by atoms with Crippen molar-refractivity contribution in [2.75, 3.05) is 51.9 Å². The Morgan fingerprint density at radius 1 is 1.11 bits per heavy atom. The van der Waals surface area contributed by atoms with Crippen molar-refractivity contribution < 1.29 is 24.1 Å². The molecule has 2 aliphatic rings. The number of benzene rings is 2. The molecule has 2 aromatic carbocycles. The Morgan fingerprint density at radius 3 is 2.56 bits per heavy atom. The summed E-state index contributed by atoms with van der Waals surface area (Å²) in [5.41, 5.74) is 4.28. The van der Waals surface area contributed by atoms with Crippen molar-refractivity contribution in [3.8, 4) is 11.5 Å². The average molecular weight is 496 g/mol. The van der Waals surface area contributed by atoms with Crippen molar-refractivity contribution in [1.29, 1.82) is 0 Å². The minimum atomic E-state index is -0.250. The van der Waals surface area contributed by atoms with Crippen LogP contribution in [-0.4, -0.2) is 74.1 Å². The number of hydrogen-bond acceptors (Lipinski definition) is 7. The summed E-state index contributed by atoms with van der Waals surface area (Å²) in [4.78, 5) is 15.9. The van der Waals surface area contributed by atoms with E-state index in [2.05, 4.69) is 41.4 Å². The van der Waals surface area contributed by atoms with Crippen LogP contribution in [0.25, 0.3) is 21.8 Å².